The van der Waals surface area contributed by atoms with Gasteiger partial charge in [-0.15, -0.1) is 0 Å². The van der Waals surface area contributed by atoms with E-state index in [2.05, 4.69) is 12.2 Å². The zero-order valence-corrected chi connectivity index (χ0v) is 11.1. The summed E-state index contributed by atoms with van der Waals surface area (Å²) in [6.07, 6.45) is -3.73. The molecule has 1 fully saturated rings. The third-order valence-corrected chi connectivity index (χ3v) is 3.33. The van der Waals surface area contributed by atoms with E-state index in [0.29, 0.717) is 18.9 Å². The van der Waals surface area contributed by atoms with Gasteiger partial charge in [0.05, 0.1) is 12.2 Å². The molecular weight excluding hydrogens is 255 g/mol. The SMILES string of the molecule is CC1CNC(C)(Cc2ccc(C(F)(F)F)cc2)OC1. The third-order valence-electron chi connectivity index (χ3n) is 3.33. The maximum absolute atomic E-state index is 12.5. The van der Waals surface area contributed by atoms with E-state index in [4.69, 9.17) is 4.74 Å². The molecule has 1 aliphatic rings. The van der Waals surface area contributed by atoms with E-state index in [0.717, 1.165) is 24.2 Å². The highest BCUT2D eigenvalue weighted by atomic mass is 19.4. The molecule has 1 saturated heterocycles. The molecule has 0 saturated carbocycles. The van der Waals surface area contributed by atoms with Gasteiger partial charge in [-0.1, -0.05) is 19.1 Å². The molecule has 5 heteroatoms. The molecule has 19 heavy (non-hydrogen) atoms. The van der Waals surface area contributed by atoms with Crippen LogP contribution >= 0.6 is 0 Å². The Morgan fingerprint density at radius 1 is 1.32 bits per heavy atom. The third kappa shape index (κ3) is 3.70. The Morgan fingerprint density at radius 3 is 2.42 bits per heavy atom. The summed E-state index contributed by atoms with van der Waals surface area (Å²) < 4.78 is 43.1. The van der Waals surface area contributed by atoms with E-state index in [-0.39, 0.29) is 0 Å². The van der Waals surface area contributed by atoms with Crippen LogP contribution in [0.5, 0.6) is 0 Å². The largest absolute Gasteiger partial charge is 0.416 e. The Balaban J connectivity index is 2.03. The van der Waals surface area contributed by atoms with Crippen molar-refractivity contribution in [3.8, 4) is 0 Å². The number of ether oxygens (including phenoxy) is 1. The number of hydrogen-bond donors (Lipinski definition) is 1. The molecule has 0 aromatic heterocycles. The van der Waals surface area contributed by atoms with Gasteiger partial charge in [0.1, 0.15) is 5.72 Å². The molecule has 2 rings (SSSR count). The van der Waals surface area contributed by atoms with Crippen molar-refractivity contribution < 1.29 is 17.9 Å². The normalized spacial score (nSPS) is 28.4. The van der Waals surface area contributed by atoms with Crippen molar-refractivity contribution in [3.05, 3.63) is 35.4 Å². The van der Waals surface area contributed by atoms with Gasteiger partial charge in [-0.2, -0.15) is 13.2 Å². The van der Waals surface area contributed by atoms with Gasteiger partial charge >= 0.3 is 6.18 Å². The van der Waals surface area contributed by atoms with Crippen LogP contribution in [-0.4, -0.2) is 18.9 Å². The highest BCUT2D eigenvalue weighted by molar-refractivity contribution is 5.25. The van der Waals surface area contributed by atoms with Crippen LogP contribution in [0.4, 0.5) is 13.2 Å². The topological polar surface area (TPSA) is 21.3 Å². The zero-order chi connectivity index (χ0) is 14.1. The Kier molecular flexibility index (Phi) is 3.87. The van der Waals surface area contributed by atoms with Gasteiger partial charge in [0.2, 0.25) is 0 Å². The van der Waals surface area contributed by atoms with Gasteiger partial charge < -0.3 is 4.74 Å². The predicted octanol–water partition coefficient (Wildman–Crippen LogP) is 3.22. The lowest BCUT2D eigenvalue weighted by Gasteiger charge is -2.38. The van der Waals surface area contributed by atoms with Crippen LogP contribution in [0.3, 0.4) is 0 Å². The first-order chi connectivity index (χ1) is 8.78. The van der Waals surface area contributed by atoms with Crippen molar-refractivity contribution >= 4 is 0 Å². The summed E-state index contributed by atoms with van der Waals surface area (Å²) in [7, 11) is 0. The lowest BCUT2D eigenvalue weighted by atomic mass is 10.00. The quantitative estimate of drug-likeness (QED) is 0.893. The standard InChI is InChI=1S/C14H18F3NO/c1-10-8-18-13(2,19-9-10)7-11-3-5-12(6-4-11)14(15,16)17/h3-6,10,18H,7-9H2,1-2H3. The zero-order valence-electron chi connectivity index (χ0n) is 11.1. The summed E-state index contributed by atoms with van der Waals surface area (Å²) in [5.74, 6) is 0.459. The molecule has 0 radical (unpaired) electrons. The molecule has 0 aliphatic carbocycles. The van der Waals surface area contributed by atoms with Crippen molar-refractivity contribution in [2.24, 2.45) is 5.92 Å². The van der Waals surface area contributed by atoms with Crippen LogP contribution in [0.15, 0.2) is 24.3 Å². The van der Waals surface area contributed by atoms with Crippen LogP contribution in [0, 0.1) is 5.92 Å². The molecule has 1 aromatic carbocycles. The van der Waals surface area contributed by atoms with Crippen LogP contribution < -0.4 is 5.32 Å². The Bertz CT molecular complexity index is 419. The first-order valence-corrected chi connectivity index (χ1v) is 6.34. The van der Waals surface area contributed by atoms with Crippen molar-refractivity contribution in [1.29, 1.82) is 0 Å². The van der Waals surface area contributed by atoms with E-state index in [1.807, 2.05) is 6.92 Å². The summed E-state index contributed by atoms with van der Waals surface area (Å²) in [6, 6.07) is 5.25. The number of rotatable bonds is 2. The smallest absolute Gasteiger partial charge is 0.360 e. The maximum Gasteiger partial charge on any atom is 0.416 e. The molecule has 0 amide bonds. The van der Waals surface area contributed by atoms with Crippen molar-refractivity contribution in [2.45, 2.75) is 32.2 Å². The van der Waals surface area contributed by atoms with Crippen LogP contribution in [0.1, 0.15) is 25.0 Å². The first-order valence-electron chi connectivity index (χ1n) is 6.34. The molecular formula is C14H18F3NO. The summed E-state index contributed by atoms with van der Waals surface area (Å²) in [6.45, 7) is 5.54. The predicted molar refractivity (Wildman–Crippen MR) is 66.7 cm³/mol. The van der Waals surface area contributed by atoms with Crippen LogP contribution in [0.25, 0.3) is 0 Å². The minimum absolute atomic E-state index is 0.459. The lowest BCUT2D eigenvalue weighted by Crippen LogP contribution is -2.53. The van der Waals surface area contributed by atoms with Gasteiger partial charge in [-0.3, -0.25) is 5.32 Å². The van der Waals surface area contributed by atoms with Crippen molar-refractivity contribution in [2.75, 3.05) is 13.2 Å². The van der Waals surface area contributed by atoms with Gasteiger partial charge in [-0.25, -0.2) is 0 Å². The molecule has 0 spiro atoms. The molecule has 2 atom stereocenters. The fourth-order valence-corrected chi connectivity index (χ4v) is 2.14. The average molecular weight is 273 g/mol. The molecule has 1 N–H and O–H groups in total. The monoisotopic (exact) mass is 273 g/mol. The van der Waals surface area contributed by atoms with Crippen LogP contribution in [0.2, 0.25) is 0 Å². The Hall–Kier alpha value is -1.07. The number of hydrogen-bond acceptors (Lipinski definition) is 2. The number of nitrogens with one attached hydrogen (secondary N) is 1. The number of halogens is 3. The molecule has 106 valence electrons. The van der Waals surface area contributed by atoms with Crippen LogP contribution in [-0.2, 0) is 17.3 Å². The fraction of sp³-hybridized carbons (Fsp3) is 0.571. The van der Waals surface area contributed by atoms with Crippen molar-refractivity contribution in [3.63, 3.8) is 0 Å². The highest BCUT2D eigenvalue weighted by Gasteiger charge is 2.32. The molecule has 1 aliphatic heterocycles. The second kappa shape index (κ2) is 5.13. The van der Waals surface area contributed by atoms with Gasteiger partial charge in [0, 0.05) is 13.0 Å². The second-order valence-corrected chi connectivity index (χ2v) is 5.40. The fourth-order valence-electron chi connectivity index (χ4n) is 2.14. The Morgan fingerprint density at radius 2 is 1.95 bits per heavy atom. The number of benzene rings is 1. The number of alkyl halides is 3. The van der Waals surface area contributed by atoms with Crippen molar-refractivity contribution in [1.82, 2.24) is 5.32 Å². The molecule has 2 nitrogen and oxygen atoms in total. The highest BCUT2D eigenvalue weighted by Crippen LogP contribution is 2.29. The summed E-state index contributed by atoms with van der Waals surface area (Å²) in [5.41, 5.74) is -0.281. The Labute approximate surface area is 111 Å². The summed E-state index contributed by atoms with van der Waals surface area (Å²) >= 11 is 0. The lowest BCUT2D eigenvalue weighted by molar-refractivity contribution is -0.137. The molecule has 1 aromatic rings. The molecule has 1 heterocycles. The van der Waals surface area contributed by atoms with Gasteiger partial charge in [-0.05, 0) is 30.5 Å². The summed E-state index contributed by atoms with van der Waals surface area (Å²) in [5, 5.41) is 3.29. The first kappa shape index (κ1) is 14.3. The maximum atomic E-state index is 12.5. The van der Waals surface area contributed by atoms with E-state index >= 15 is 0 Å². The van der Waals surface area contributed by atoms with E-state index in [1.165, 1.54) is 12.1 Å². The summed E-state index contributed by atoms with van der Waals surface area (Å²) in [4.78, 5) is 0. The van der Waals surface area contributed by atoms with E-state index in [9.17, 15) is 13.2 Å². The van der Waals surface area contributed by atoms with E-state index < -0.39 is 17.5 Å². The van der Waals surface area contributed by atoms with E-state index in [1.54, 1.807) is 0 Å². The average Bonchev–Trinajstić information content (AvgIpc) is 2.33. The molecule has 0 bridgehead atoms. The minimum Gasteiger partial charge on any atom is -0.360 e. The minimum atomic E-state index is -4.28. The van der Waals surface area contributed by atoms with Gasteiger partial charge in [0.15, 0.2) is 0 Å². The van der Waals surface area contributed by atoms with Gasteiger partial charge in [0.25, 0.3) is 0 Å². The molecule has 2 unspecified atom stereocenters. The second-order valence-electron chi connectivity index (χ2n) is 5.40.